The highest BCUT2D eigenvalue weighted by Gasteiger charge is 2.07. The monoisotopic (exact) mass is 499 g/mol. The maximum atomic E-state index is 13.7. The Bertz CT molecular complexity index is 955. The summed E-state index contributed by atoms with van der Waals surface area (Å²) >= 11 is 0. The lowest BCUT2D eigenvalue weighted by molar-refractivity contribution is 0.580. The molecule has 28 heavy (non-hydrogen) atoms. The van der Waals surface area contributed by atoms with Gasteiger partial charge in [0, 0.05) is 32.2 Å². The first-order valence-electron chi connectivity index (χ1n) is 8.89. The second-order valence-corrected chi connectivity index (χ2v) is 6.24. The molecule has 1 heterocycles. The first kappa shape index (κ1) is 22.1. The van der Waals surface area contributed by atoms with Crippen LogP contribution >= 0.6 is 24.0 Å². The topological polar surface area (TPSA) is 54.2 Å². The Labute approximate surface area is 180 Å². The summed E-state index contributed by atoms with van der Waals surface area (Å²) in [6.07, 6.45) is 0.871. The average Bonchev–Trinajstić information content (AvgIpc) is 2.99. The van der Waals surface area contributed by atoms with E-state index in [9.17, 15) is 8.78 Å². The highest BCUT2D eigenvalue weighted by molar-refractivity contribution is 14.0. The van der Waals surface area contributed by atoms with Crippen molar-refractivity contribution < 1.29 is 8.78 Å². The second-order valence-electron chi connectivity index (χ2n) is 6.24. The molecule has 0 spiro atoms. The molecule has 0 aliphatic carbocycles. The van der Waals surface area contributed by atoms with Gasteiger partial charge in [-0.2, -0.15) is 0 Å². The van der Waals surface area contributed by atoms with E-state index in [0.717, 1.165) is 42.0 Å². The molecule has 0 radical (unpaired) electrons. The Balaban J connectivity index is 0.00000280. The highest BCUT2D eigenvalue weighted by atomic mass is 127. The molecule has 8 heteroatoms. The van der Waals surface area contributed by atoms with E-state index < -0.39 is 11.6 Å². The predicted molar refractivity (Wildman–Crippen MR) is 119 cm³/mol. The Morgan fingerprint density at radius 1 is 1.14 bits per heavy atom. The standard InChI is InChI=1S/C20H23F2N5.HI/c1-14-26-18-6-3-4-7-19(18)27(14)11-5-10-24-20(23-2)25-13-15-12-16(21)8-9-17(15)22;/h3-4,6-9,12H,5,10-11,13H2,1-2H3,(H2,23,24,25);1H. The van der Waals surface area contributed by atoms with Crippen molar-refractivity contribution in [3.63, 3.8) is 0 Å². The molecule has 3 rings (SSSR count). The number of fused-ring (bicyclic) bond motifs is 1. The van der Waals surface area contributed by atoms with Crippen molar-refractivity contribution in [2.24, 2.45) is 4.99 Å². The molecular formula is C20H24F2IN5. The lowest BCUT2D eigenvalue weighted by Crippen LogP contribution is -2.37. The number of benzene rings is 2. The van der Waals surface area contributed by atoms with Crippen LogP contribution in [-0.4, -0.2) is 29.1 Å². The van der Waals surface area contributed by atoms with Crippen molar-refractivity contribution in [1.29, 1.82) is 0 Å². The van der Waals surface area contributed by atoms with Crippen molar-refractivity contribution in [1.82, 2.24) is 20.2 Å². The minimum Gasteiger partial charge on any atom is -0.356 e. The average molecular weight is 499 g/mol. The van der Waals surface area contributed by atoms with Gasteiger partial charge in [0.05, 0.1) is 11.0 Å². The first-order chi connectivity index (χ1) is 13.1. The number of imidazole rings is 1. The fourth-order valence-electron chi connectivity index (χ4n) is 3.00. The van der Waals surface area contributed by atoms with Crippen LogP contribution in [0, 0.1) is 18.6 Å². The summed E-state index contributed by atoms with van der Waals surface area (Å²) in [7, 11) is 1.64. The summed E-state index contributed by atoms with van der Waals surface area (Å²) in [6, 6.07) is 11.5. The molecule has 0 bridgehead atoms. The van der Waals surface area contributed by atoms with Crippen molar-refractivity contribution >= 4 is 41.0 Å². The zero-order chi connectivity index (χ0) is 19.2. The lowest BCUT2D eigenvalue weighted by Gasteiger charge is -2.13. The van der Waals surface area contributed by atoms with Crippen molar-refractivity contribution in [3.05, 3.63) is 65.5 Å². The molecule has 0 aliphatic heterocycles. The van der Waals surface area contributed by atoms with E-state index in [0.29, 0.717) is 12.5 Å². The summed E-state index contributed by atoms with van der Waals surface area (Å²) in [5, 5.41) is 6.19. The Hall–Kier alpha value is -2.23. The third-order valence-electron chi connectivity index (χ3n) is 4.37. The van der Waals surface area contributed by atoms with Crippen LogP contribution in [0.1, 0.15) is 17.8 Å². The van der Waals surface area contributed by atoms with Gasteiger partial charge < -0.3 is 15.2 Å². The predicted octanol–water partition coefficient (Wildman–Crippen LogP) is 4.00. The largest absolute Gasteiger partial charge is 0.356 e. The Morgan fingerprint density at radius 3 is 2.71 bits per heavy atom. The van der Waals surface area contributed by atoms with Crippen molar-refractivity contribution in [3.8, 4) is 0 Å². The van der Waals surface area contributed by atoms with Gasteiger partial charge in [-0.05, 0) is 43.7 Å². The van der Waals surface area contributed by atoms with E-state index in [4.69, 9.17) is 0 Å². The van der Waals surface area contributed by atoms with Crippen LogP contribution in [0.3, 0.4) is 0 Å². The third kappa shape index (κ3) is 5.40. The lowest BCUT2D eigenvalue weighted by atomic mass is 10.2. The number of halogens is 3. The molecule has 5 nitrogen and oxygen atoms in total. The summed E-state index contributed by atoms with van der Waals surface area (Å²) in [5.74, 6) is 0.632. The van der Waals surface area contributed by atoms with Gasteiger partial charge in [-0.15, -0.1) is 24.0 Å². The molecule has 3 aromatic rings. The van der Waals surface area contributed by atoms with Crippen LogP contribution in [-0.2, 0) is 13.1 Å². The van der Waals surface area contributed by atoms with E-state index >= 15 is 0 Å². The smallest absolute Gasteiger partial charge is 0.191 e. The molecule has 2 N–H and O–H groups in total. The second kappa shape index (κ2) is 10.4. The Morgan fingerprint density at radius 2 is 1.93 bits per heavy atom. The third-order valence-corrected chi connectivity index (χ3v) is 4.37. The fourth-order valence-corrected chi connectivity index (χ4v) is 3.00. The summed E-state index contributed by atoms with van der Waals surface area (Å²) in [4.78, 5) is 8.68. The molecule has 0 aliphatic rings. The van der Waals surface area contributed by atoms with E-state index in [-0.39, 0.29) is 36.1 Å². The molecule has 0 unspecified atom stereocenters. The summed E-state index contributed by atoms with van der Waals surface area (Å²) < 4.78 is 29.1. The maximum Gasteiger partial charge on any atom is 0.191 e. The molecule has 0 saturated carbocycles. The van der Waals surface area contributed by atoms with Crippen LogP contribution < -0.4 is 10.6 Å². The minimum atomic E-state index is -0.459. The SMILES string of the molecule is CN=C(NCCCn1c(C)nc2ccccc21)NCc1cc(F)ccc1F.I. The van der Waals surface area contributed by atoms with Crippen LogP contribution in [0.5, 0.6) is 0 Å². The highest BCUT2D eigenvalue weighted by Crippen LogP contribution is 2.15. The first-order valence-corrected chi connectivity index (χ1v) is 8.89. The number of rotatable bonds is 6. The zero-order valence-electron chi connectivity index (χ0n) is 15.9. The van der Waals surface area contributed by atoms with Crippen LogP contribution in [0.25, 0.3) is 11.0 Å². The van der Waals surface area contributed by atoms with Crippen LogP contribution in [0.4, 0.5) is 8.78 Å². The minimum absolute atomic E-state index is 0. The van der Waals surface area contributed by atoms with Crippen LogP contribution in [0.2, 0.25) is 0 Å². The van der Waals surface area contributed by atoms with E-state index in [1.165, 1.54) is 6.07 Å². The molecule has 150 valence electrons. The van der Waals surface area contributed by atoms with Gasteiger partial charge in [-0.3, -0.25) is 4.99 Å². The van der Waals surface area contributed by atoms with Crippen molar-refractivity contribution in [2.45, 2.75) is 26.4 Å². The van der Waals surface area contributed by atoms with Gasteiger partial charge in [-0.1, -0.05) is 12.1 Å². The van der Waals surface area contributed by atoms with E-state index in [1.807, 2.05) is 25.1 Å². The molecular weight excluding hydrogens is 475 g/mol. The van der Waals surface area contributed by atoms with Crippen molar-refractivity contribution in [2.75, 3.05) is 13.6 Å². The molecule has 2 aromatic carbocycles. The van der Waals surface area contributed by atoms with E-state index in [1.54, 1.807) is 7.05 Å². The molecule has 0 amide bonds. The number of aliphatic imine (C=N–C) groups is 1. The van der Waals surface area contributed by atoms with E-state index in [2.05, 4.69) is 31.2 Å². The summed E-state index contributed by atoms with van der Waals surface area (Å²) in [5.41, 5.74) is 2.38. The molecule has 1 aromatic heterocycles. The number of nitrogens with one attached hydrogen (secondary N) is 2. The van der Waals surface area contributed by atoms with Gasteiger partial charge in [-0.25, -0.2) is 13.8 Å². The number of nitrogens with zero attached hydrogens (tertiary/aromatic N) is 3. The van der Waals surface area contributed by atoms with Gasteiger partial charge >= 0.3 is 0 Å². The molecule has 0 atom stereocenters. The number of hydrogen-bond donors (Lipinski definition) is 2. The number of para-hydroxylation sites is 2. The van der Waals surface area contributed by atoms with Gasteiger partial charge in [0.2, 0.25) is 0 Å². The number of hydrogen-bond acceptors (Lipinski definition) is 2. The molecule has 0 fully saturated rings. The van der Waals surface area contributed by atoms with Gasteiger partial charge in [0.1, 0.15) is 17.5 Å². The van der Waals surface area contributed by atoms with Gasteiger partial charge in [0.25, 0.3) is 0 Å². The normalized spacial score (nSPS) is 11.4. The Kier molecular flexibility index (Phi) is 8.16. The molecule has 0 saturated heterocycles. The number of aryl methyl sites for hydroxylation is 2. The van der Waals surface area contributed by atoms with Gasteiger partial charge in [0.15, 0.2) is 5.96 Å². The zero-order valence-corrected chi connectivity index (χ0v) is 18.2. The maximum absolute atomic E-state index is 13.7. The van der Waals surface area contributed by atoms with Crippen LogP contribution in [0.15, 0.2) is 47.5 Å². The number of guanidine groups is 1. The quantitative estimate of drug-likeness (QED) is 0.234. The fraction of sp³-hybridized carbons (Fsp3) is 0.300. The summed E-state index contributed by atoms with van der Waals surface area (Å²) in [6.45, 7) is 3.68. The number of aromatic nitrogens is 2.